The van der Waals surface area contributed by atoms with Gasteiger partial charge in [0.25, 0.3) is 5.56 Å². The molecule has 0 N–H and O–H groups in total. The smallest absolute Gasteiger partial charge is 0.267 e. The molecule has 0 fully saturated rings. The highest BCUT2D eigenvalue weighted by molar-refractivity contribution is 5.74. The zero-order valence-electron chi connectivity index (χ0n) is 12.8. The first-order chi connectivity index (χ1) is 11.2. The van der Waals surface area contributed by atoms with Crippen molar-refractivity contribution in [3.8, 4) is 17.6 Å². The number of ether oxygens (including phenoxy) is 1. The van der Waals surface area contributed by atoms with Crippen molar-refractivity contribution in [1.29, 1.82) is 5.26 Å². The molecule has 0 aliphatic rings. The molecule has 0 amide bonds. The average molecular weight is 306 g/mol. The van der Waals surface area contributed by atoms with Crippen LogP contribution in [0.4, 0.5) is 0 Å². The number of hydrogen-bond donors (Lipinski definition) is 0. The quantitative estimate of drug-likeness (QED) is 0.741. The van der Waals surface area contributed by atoms with Crippen LogP contribution in [-0.4, -0.2) is 21.6 Å². The maximum absolute atomic E-state index is 12.8. The van der Waals surface area contributed by atoms with Crippen LogP contribution in [0.2, 0.25) is 0 Å². The van der Waals surface area contributed by atoms with E-state index in [0.717, 1.165) is 0 Å². The number of aryl methyl sites for hydroxylation is 1. The lowest BCUT2D eigenvalue weighted by Crippen LogP contribution is -2.24. The lowest BCUT2D eigenvalue weighted by Gasteiger charge is -2.12. The van der Waals surface area contributed by atoms with Gasteiger partial charge in [0.15, 0.2) is 5.65 Å². The second kappa shape index (κ2) is 5.89. The highest BCUT2D eigenvalue weighted by Gasteiger charge is 2.13. The van der Waals surface area contributed by atoms with Crippen LogP contribution in [0.25, 0.3) is 16.7 Å². The van der Waals surface area contributed by atoms with Crippen molar-refractivity contribution in [3.05, 3.63) is 58.1 Å². The fourth-order valence-corrected chi connectivity index (χ4v) is 2.40. The van der Waals surface area contributed by atoms with E-state index in [9.17, 15) is 4.79 Å². The zero-order valence-corrected chi connectivity index (χ0v) is 12.8. The van der Waals surface area contributed by atoms with Gasteiger partial charge in [-0.3, -0.25) is 9.36 Å². The highest BCUT2D eigenvalue weighted by atomic mass is 16.5. The lowest BCUT2D eigenvalue weighted by molar-refractivity contribution is 0.399. The predicted octanol–water partition coefficient (Wildman–Crippen LogP) is 2.22. The minimum Gasteiger partial charge on any atom is -0.481 e. The number of fused-ring (bicyclic) bond motifs is 1. The molecule has 0 saturated carbocycles. The number of nitrogens with zero attached hydrogens (tertiary/aromatic N) is 4. The number of pyridine rings is 1. The Kier molecular flexibility index (Phi) is 3.77. The topological polar surface area (TPSA) is 80.8 Å². The van der Waals surface area contributed by atoms with Crippen molar-refractivity contribution in [1.82, 2.24) is 14.5 Å². The molecule has 0 bridgehead atoms. The van der Waals surface area contributed by atoms with Gasteiger partial charge in [-0.05, 0) is 30.3 Å². The van der Waals surface area contributed by atoms with E-state index >= 15 is 0 Å². The van der Waals surface area contributed by atoms with Gasteiger partial charge in [-0.15, -0.1) is 0 Å². The Morgan fingerprint density at radius 2 is 1.91 bits per heavy atom. The number of aromatic nitrogens is 3. The molecule has 6 nitrogen and oxygen atoms in total. The molecular formula is C17H14N4O2. The summed E-state index contributed by atoms with van der Waals surface area (Å²) >= 11 is 0. The second-order valence-corrected chi connectivity index (χ2v) is 4.91. The Bertz CT molecular complexity index is 969. The number of rotatable bonds is 3. The normalized spacial score (nSPS) is 10.5. The third kappa shape index (κ3) is 2.53. The van der Waals surface area contributed by atoms with Crippen molar-refractivity contribution in [2.24, 2.45) is 0 Å². The Hall–Kier alpha value is -3.20. The van der Waals surface area contributed by atoms with Crippen LogP contribution in [0, 0.1) is 11.3 Å². The molecule has 3 aromatic rings. The van der Waals surface area contributed by atoms with Crippen LogP contribution < -0.4 is 10.3 Å². The Balaban J connectivity index is 2.29. The van der Waals surface area contributed by atoms with E-state index in [1.54, 1.807) is 41.0 Å². The van der Waals surface area contributed by atoms with Crippen LogP contribution in [0.15, 0.2) is 41.2 Å². The van der Waals surface area contributed by atoms with Crippen LogP contribution in [-0.2, 0) is 6.42 Å². The summed E-state index contributed by atoms with van der Waals surface area (Å²) in [5.41, 5.74) is 1.40. The van der Waals surface area contributed by atoms with Crippen LogP contribution in [0.5, 0.6) is 5.88 Å². The average Bonchev–Trinajstić information content (AvgIpc) is 2.61. The van der Waals surface area contributed by atoms with Crippen LogP contribution in [0.1, 0.15) is 18.3 Å². The summed E-state index contributed by atoms with van der Waals surface area (Å²) in [7, 11) is 1.52. The molecule has 0 aliphatic carbocycles. The molecule has 0 radical (unpaired) electrons. The number of methoxy groups -OCH3 is 1. The summed E-state index contributed by atoms with van der Waals surface area (Å²) < 4.78 is 6.64. The molecule has 3 rings (SSSR count). The van der Waals surface area contributed by atoms with Gasteiger partial charge in [0.1, 0.15) is 5.82 Å². The first-order valence-electron chi connectivity index (χ1n) is 7.15. The lowest BCUT2D eigenvalue weighted by atomic mass is 10.2. The summed E-state index contributed by atoms with van der Waals surface area (Å²) in [5, 5.41) is 9.32. The van der Waals surface area contributed by atoms with Crippen molar-refractivity contribution >= 4 is 11.0 Å². The first-order valence-corrected chi connectivity index (χ1v) is 7.15. The van der Waals surface area contributed by atoms with Gasteiger partial charge in [-0.2, -0.15) is 10.2 Å². The molecule has 114 valence electrons. The fourth-order valence-electron chi connectivity index (χ4n) is 2.40. The first kappa shape index (κ1) is 14.7. The number of benzene rings is 1. The van der Waals surface area contributed by atoms with E-state index in [1.165, 1.54) is 7.11 Å². The van der Waals surface area contributed by atoms with Gasteiger partial charge in [0.2, 0.25) is 5.88 Å². The fraction of sp³-hybridized carbons (Fsp3) is 0.176. The van der Waals surface area contributed by atoms with Gasteiger partial charge in [0, 0.05) is 12.5 Å². The highest BCUT2D eigenvalue weighted by Crippen LogP contribution is 2.16. The standard InChI is InChI=1S/C17H14N4O2/c1-3-14-19-16-13(8-9-15(20-16)23-2)17(22)21(14)12-6-4-11(10-18)5-7-12/h4-9H,3H2,1-2H3. The van der Waals surface area contributed by atoms with E-state index in [4.69, 9.17) is 10.00 Å². The van der Waals surface area contributed by atoms with Crippen molar-refractivity contribution in [3.63, 3.8) is 0 Å². The number of nitriles is 1. The van der Waals surface area contributed by atoms with E-state index in [2.05, 4.69) is 16.0 Å². The zero-order chi connectivity index (χ0) is 16.4. The van der Waals surface area contributed by atoms with Gasteiger partial charge in [-0.25, -0.2) is 4.98 Å². The molecule has 2 aromatic heterocycles. The SMILES string of the molecule is CCc1nc2nc(OC)ccc2c(=O)n1-c1ccc(C#N)cc1. The molecular weight excluding hydrogens is 292 g/mol. The Labute approximate surface area is 132 Å². The van der Waals surface area contributed by atoms with Crippen molar-refractivity contribution in [2.45, 2.75) is 13.3 Å². The van der Waals surface area contributed by atoms with Gasteiger partial charge in [0.05, 0.1) is 29.8 Å². The van der Waals surface area contributed by atoms with Gasteiger partial charge in [-0.1, -0.05) is 6.92 Å². The van der Waals surface area contributed by atoms with Crippen LogP contribution >= 0.6 is 0 Å². The minimum absolute atomic E-state index is 0.188. The third-order valence-electron chi connectivity index (χ3n) is 3.56. The minimum atomic E-state index is -0.188. The number of hydrogen-bond acceptors (Lipinski definition) is 5. The van der Waals surface area contributed by atoms with Crippen molar-refractivity contribution in [2.75, 3.05) is 7.11 Å². The summed E-state index contributed by atoms with van der Waals surface area (Å²) in [5.74, 6) is 1.02. The van der Waals surface area contributed by atoms with E-state index in [1.807, 2.05) is 6.92 Å². The summed E-state index contributed by atoms with van der Waals surface area (Å²) in [6.07, 6.45) is 0.573. The van der Waals surface area contributed by atoms with E-state index in [-0.39, 0.29) is 5.56 Å². The predicted molar refractivity (Wildman–Crippen MR) is 85.8 cm³/mol. The molecule has 2 heterocycles. The molecule has 0 atom stereocenters. The van der Waals surface area contributed by atoms with E-state index in [0.29, 0.717) is 40.4 Å². The molecule has 0 spiro atoms. The summed E-state index contributed by atoms with van der Waals surface area (Å²) in [6, 6.07) is 12.2. The second-order valence-electron chi connectivity index (χ2n) is 4.91. The molecule has 6 heteroatoms. The monoisotopic (exact) mass is 306 g/mol. The summed E-state index contributed by atoms with van der Waals surface area (Å²) in [4.78, 5) is 21.6. The maximum Gasteiger partial charge on any atom is 0.267 e. The van der Waals surface area contributed by atoms with Gasteiger partial charge >= 0.3 is 0 Å². The van der Waals surface area contributed by atoms with E-state index < -0.39 is 0 Å². The molecule has 23 heavy (non-hydrogen) atoms. The van der Waals surface area contributed by atoms with Gasteiger partial charge < -0.3 is 4.74 Å². The Morgan fingerprint density at radius 1 is 1.17 bits per heavy atom. The molecule has 0 saturated heterocycles. The van der Waals surface area contributed by atoms with Crippen molar-refractivity contribution < 1.29 is 4.74 Å². The van der Waals surface area contributed by atoms with Crippen LogP contribution in [0.3, 0.4) is 0 Å². The molecule has 0 aliphatic heterocycles. The Morgan fingerprint density at radius 3 is 2.52 bits per heavy atom. The molecule has 0 unspecified atom stereocenters. The maximum atomic E-state index is 12.8. The summed E-state index contributed by atoms with van der Waals surface area (Å²) in [6.45, 7) is 1.92. The largest absolute Gasteiger partial charge is 0.481 e. The third-order valence-corrected chi connectivity index (χ3v) is 3.56. The molecule has 1 aromatic carbocycles.